The normalized spacial score (nSPS) is 13.0. The van der Waals surface area contributed by atoms with E-state index in [9.17, 15) is 9.90 Å². The van der Waals surface area contributed by atoms with Crippen molar-refractivity contribution in [3.05, 3.63) is 12.2 Å². The Balaban J connectivity index is 2.33. The number of hydrogen-bond acceptors (Lipinski definition) is 4. The summed E-state index contributed by atoms with van der Waals surface area (Å²) in [4.78, 5) is 11.8. The van der Waals surface area contributed by atoms with E-state index in [0.717, 1.165) is 18.7 Å². The highest BCUT2D eigenvalue weighted by Crippen LogP contribution is 2.20. The summed E-state index contributed by atoms with van der Waals surface area (Å²) >= 11 is 0. The molecule has 1 aromatic heterocycles. The van der Waals surface area contributed by atoms with Gasteiger partial charge in [0, 0.05) is 19.5 Å². The zero-order chi connectivity index (χ0) is 15.9. The lowest BCUT2D eigenvalue weighted by molar-refractivity contribution is 0.191. The van der Waals surface area contributed by atoms with Crippen molar-refractivity contribution in [2.75, 3.05) is 13.2 Å². The molecule has 0 radical (unpaired) electrons. The molecule has 1 rings (SSSR count). The molecule has 0 bridgehead atoms. The van der Waals surface area contributed by atoms with E-state index in [4.69, 9.17) is 0 Å². The summed E-state index contributed by atoms with van der Waals surface area (Å²) in [5.41, 5.74) is 0.0547. The minimum atomic E-state index is -0.260. The lowest BCUT2D eigenvalue weighted by atomic mass is 9.88. The minimum absolute atomic E-state index is 0.0547. The molecule has 0 saturated heterocycles. The Bertz CT molecular complexity index is 439. The van der Waals surface area contributed by atoms with E-state index in [1.165, 1.54) is 0 Å². The van der Waals surface area contributed by atoms with Gasteiger partial charge in [-0.3, -0.25) is 0 Å². The molecule has 3 N–H and O–H groups in total. The fraction of sp³-hybridized carbons (Fsp3) is 0.786. The number of aliphatic hydroxyl groups is 1. The summed E-state index contributed by atoms with van der Waals surface area (Å²) in [6.45, 7) is 9.31. The van der Waals surface area contributed by atoms with Crippen molar-refractivity contribution in [2.45, 2.75) is 53.1 Å². The van der Waals surface area contributed by atoms with Gasteiger partial charge in [0.25, 0.3) is 0 Å². The van der Waals surface area contributed by atoms with Crippen LogP contribution in [0.4, 0.5) is 4.79 Å². The fourth-order valence-corrected chi connectivity index (χ4v) is 2.17. The van der Waals surface area contributed by atoms with Gasteiger partial charge in [-0.2, -0.15) is 0 Å². The molecule has 21 heavy (non-hydrogen) atoms. The Morgan fingerprint density at radius 2 is 2.19 bits per heavy atom. The molecule has 1 heterocycles. The number of carbonyl (C=O) groups is 1. The van der Waals surface area contributed by atoms with Crippen molar-refractivity contribution in [3.63, 3.8) is 0 Å². The van der Waals surface area contributed by atoms with Crippen molar-refractivity contribution < 1.29 is 9.90 Å². The van der Waals surface area contributed by atoms with Crippen LogP contribution in [0.3, 0.4) is 0 Å². The van der Waals surface area contributed by atoms with Crippen LogP contribution in [0.15, 0.2) is 6.33 Å². The predicted octanol–water partition coefficient (Wildman–Crippen LogP) is 0.937. The van der Waals surface area contributed by atoms with E-state index in [0.29, 0.717) is 13.1 Å². The molecule has 2 amide bonds. The highest BCUT2D eigenvalue weighted by atomic mass is 16.3. The van der Waals surface area contributed by atoms with E-state index in [-0.39, 0.29) is 24.1 Å². The van der Waals surface area contributed by atoms with E-state index in [2.05, 4.69) is 41.6 Å². The number of amides is 2. The molecule has 7 nitrogen and oxygen atoms in total. The maximum absolute atomic E-state index is 11.8. The summed E-state index contributed by atoms with van der Waals surface area (Å²) in [5.74, 6) is 0.901. The molecule has 120 valence electrons. The third-order valence-electron chi connectivity index (χ3n) is 3.06. The number of aromatic nitrogens is 3. The number of nitrogens with zero attached hydrogens (tertiary/aromatic N) is 3. The molecule has 1 atom stereocenters. The van der Waals surface area contributed by atoms with E-state index in [1.54, 1.807) is 6.33 Å². The Morgan fingerprint density at radius 3 is 2.76 bits per heavy atom. The number of urea groups is 1. The Labute approximate surface area is 126 Å². The molecule has 0 aliphatic carbocycles. The first kappa shape index (κ1) is 17.4. The van der Waals surface area contributed by atoms with Gasteiger partial charge >= 0.3 is 6.03 Å². The van der Waals surface area contributed by atoms with Gasteiger partial charge in [0.15, 0.2) is 0 Å². The van der Waals surface area contributed by atoms with E-state index in [1.807, 2.05) is 11.5 Å². The average Bonchev–Trinajstić information content (AvgIpc) is 2.83. The summed E-state index contributed by atoms with van der Waals surface area (Å²) in [7, 11) is 0. The van der Waals surface area contributed by atoms with Crippen LogP contribution in [-0.2, 0) is 13.0 Å². The zero-order valence-electron chi connectivity index (χ0n) is 13.4. The van der Waals surface area contributed by atoms with Crippen molar-refractivity contribution in [1.29, 1.82) is 0 Å². The average molecular weight is 297 g/mol. The second-order valence-electron chi connectivity index (χ2n) is 6.34. The number of hydrogen-bond donors (Lipinski definition) is 3. The summed E-state index contributed by atoms with van der Waals surface area (Å²) < 4.78 is 1.92. The smallest absolute Gasteiger partial charge is 0.315 e. The standard InChI is InChI=1S/C14H27N5O2/c1-5-12-18-16-10-19(12)7-6-15-13(21)17-11(9-20)8-14(2,3)4/h10-11,20H,5-9H2,1-4H3,(H2,15,17,21). The molecule has 0 saturated carbocycles. The highest BCUT2D eigenvalue weighted by molar-refractivity contribution is 5.74. The SMILES string of the molecule is CCc1nncn1CCNC(=O)NC(CO)CC(C)(C)C. The summed E-state index contributed by atoms with van der Waals surface area (Å²) in [6.07, 6.45) is 3.20. The molecule has 0 aliphatic heterocycles. The largest absolute Gasteiger partial charge is 0.394 e. The third kappa shape index (κ3) is 6.57. The molecule has 0 aliphatic rings. The van der Waals surface area contributed by atoms with Crippen molar-refractivity contribution in [1.82, 2.24) is 25.4 Å². The maximum Gasteiger partial charge on any atom is 0.315 e. The Hall–Kier alpha value is -1.63. The monoisotopic (exact) mass is 297 g/mol. The van der Waals surface area contributed by atoms with Gasteiger partial charge in [0.05, 0.1) is 12.6 Å². The van der Waals surface area contributed by atoms with Gasteiger partial charge in [-0.15, -0.1) is 10.2 Å². The van der Waals surface area contributed by atoms with Crippen LogP contribution in [-0.4, -0.2) is 45.1 Å². The first-order valence-electron chi connectivity index (χ1n) is 7.37. The molecule has 0 fully saturated rings. The zero-order valence-corrected chi connectivity index (χ0v) is 13.4. The molecular weight excluding hydrogens is 270 g/mol. The number of aliphatic hydroxyl groups excluding tert-OH is 1. The summed E-state index contributed by atoms with van der Waals surface area (Å²) in [6, 6.07) is -0.490. The molecule has 7 heteroatoms. The topological polar surface area (TPSA) is 92.1 Å². The van der Waals surface area contributed by atoms with Crippen LogP contribution < -0.4 is 10.6 Å². The van der Waals surface area contributed by atoms with Crippen molar-refractivity contribution in [2.24, 2.45) is 5.41 Å². The van der Waals surface area contributed by atoms with Gasteiger partial charge in [-0.25, -0.2) is 4.79 Å². The Morgan fingerprint density at radius 1 is 1.48 bits per heavy atom. The number of aryl methyl sites for hydroxylation is 1. The fourth-order valence-electron chi connectivity index (χ4n) is 2.17. The minimum Gasteiger partial charge on any atom is -0.394 e. The quantitative estimate of drug-likeness (QED) is 0.698. The van der Waals surface area contributed by atoms with Crippen LogP contribution in [0.1, 0.15) is 39.9 Å². The van der Waals surface area contributed by atoms with Crippen LogP contribution in [0.5, 0.6) is 0 Å². The van der Waals surface area contributed by atoms with E-state index < -0.39 is 0 Å². The maximum atomic E-state index is 11.8. The van der Waals surface area contributed by atoms with Gasteiger partial charge in [0.2, 0.25) is 0 Å². The lowest BCUT2D eigenvalue weighted by Crippen LogP contribution is -2.46. The molecular formula is C14H27N5O2. The highest BCUT2D eigenvalue weighted by Gasteiger charge is 2.19. The number of carbonyl (C=O) groups excluding carboxylic acids is 1. The van der Waals surface area contributed by atoms with Crippen molar-refractivity contribution in [3.8, 4) is 0 Å². The number of rotatable bonds is 7. The van der Waals surface area contributed by atoms with Crippen LogP contribution in [0, 0.1) is 5.41 Å². The van der Waals surface area contributed by atoms with Gasteiger partial charge in [-0.1, -0.05) is 27.7 Å². The van der Waals surface area contributed by atoms with Gasteiger partial charge in [0.1, 0.15) is 12.2 Å². The molecule has 1 unspecified atom stereocenters. The molecule has 1 aromatic rings. The number of nitrogens with one attached hydrogen (secondary N) is 2. The molecule has 0 spiro atoms. The second-order valence-corrected chi connectivity index (χ2v) is 6.34. The Kier molecular flexibility index (Phi) is 6.61. The summed E-state index contributed by atoms with van der Waals surface area (Å²) in [5, 5.41) is 22.7. The predicted molar refractivity (Wildman–Crippen MR) is 80.9 cm³/mol. The van der Waals surface area contributed by atoms with E-state index >= 15 is 0 Å². The van der Waals surface area contributed by atoms with Crippen LogP contribution in [0.2, 0.25) is 0 Å². The van der Waals surface area contributed by atoms with Crippen LogP contribution >= 0.6 is 0 Å². The van der Waals surface area contributed by atoms with Gasteiger partial charge < -0.3 is 20.3 Å². The first-order valence-corrected chi connectivity index (χ1v) is 7.37. The molecule has 0 aromatic carbocycles. The van der Waals surface area contributed by atoms with Crippen LogP contribution in [0.25, 0.3) is 0 Å². The van der Waals surface area contributed by atoms with Crippen molar-refractivity contribution >= 4 is 6.03 Å². The second kappa shape index (κ2) is 7.97. The lowest BCUT2D eigenvalue weighted by Gasteiger charge is -2.25. The first-order chi connectivity index (χ1) is 9.85. The van der Waals surface area contributed by atoms with Gasteiger partial charge in [-0.05, 0) is 11.8 Å². The third-order valence-corrected chi connectivity index (χ3v) is 3.06.